The minimum absolute atomic E-state index is 0.312. The average Bonchev–Trinajstić information content (AvgIpc) is 3.32. The molecule has 4 rings (SSSR count). The standard InChI is InChI=1S/C15H18N6OS.CH5N/c1-10-9-22-6-5-20(10)14-7-12(23-2)11-8-17-21(15(11)18-14)13-3-4-16-19-13;1-2/h3-4,7-8,10H,5-6,9H2,1-2H3,(H,16,19);2H2,1H3. The molecular weight excluding hydrogens is 338 g/mol. The number of fused-ring (bicyclic) bond motifs is 1. The molecule has 1 unspecified atom stereocenters. The van der Waals surface area contributed by atoms with Gasteiger partial charge in [-0.15, -0.1) is 11.8 Å². The Morgan fingerprint density at radius 2 is 2.24 bits per heavy atom. The first-order chi connectivity index (χ1) is 12.3. The smallest absolute Gasteiger partial charge is 0.168 e. The molecule has 3 N–H and O–H groups in total. The Hall–Kier alpha value is -2.10. The van der Waals surface area contributed by atoms with Crippen LogP contribution in [0.15, 0.2) is 29.4 Å². The number of H-pyrrole nitrogens is 1. The van der Waals surface area contributed by atoms with Crippen LogP contribution in [-0.4, -0.2) is 64.1 Å². The second-order valence-electron chi connectivity index (χ2n) is 5.54. The minimum Gasteiger partial charge on any atom is -0.377 e. The summed E-state index contributed by atoms with van der Waals surface area (Å²) in [7, 11) is 1.50. The van der Waals surface area contributed by atoms with E-state index in [0.29, 0.717) is 6.04 Å². The fraction of sp³-hybridized carbons (Fsp3) is 0.438. The molecule has 0 spiro atoms. The van der Waals surface area contributed by atoms with Crippen molar-refractivity contribution in [1.29, 1.82) is 0 Å². The Morgan fingerprint density at radius 3 is 2.92 bits per heavy atom. The number of aromatic nitrogens is 5. The molecule has 1 atom stereocenters. The Bertz CT molecular complexity index is 817. The maximum absolute atomic E-state index is 5.54. The van der Waals surface area contributed by atoms with E-state index in [9.17, 15) is 0 Å². The number of hydrogen-bond donors (Lipinski definition) is 2. The first kappa shape index (κ1) is 17.7. The molecule has 0 aromatic carbocycles. The van der Waals surface area contributed by atoms with E-state index in [1.165, 1.54) is 11.9 Å². The molecule has 3 aromatic heterocycles. The Balaban J connectivity index is 0.000000880. The Kier molecular flexibility index (Phi) is 5.57. The molecule has 8 nitrogen and oxygen atoms in total. The summed E-state index contributed by atoms with van der Waals surface area (Å²) in [6.07, 6.45) is 5.66. The van der Waals surface area contributed by atoms with Gasteiger partial charge >= 0.3 is 0 Å². The molecule has 3 aromatic rings. The fourth-order valence-electron chi connectivity index (χ4n) is 2.89. The minimum atomic E-state index is 0.312. The number of nitrogens with one attached hydrogen (secondary N) is 1. The third-order valence-corrected chi connectivity index (χ3v) is 4.86. The lowest BCUT2D eigenvalue weighted by Gasteiger charge is -2.34. The van der Waals surface area contributed by atoms with Crippen molar-refractivity contribution in [2.75, 3.05) is 38.0 Å². The van der Waals surface area contributed by atoms with Crippen LogP contribution in [0.4, 0.5) is 5.82 Å². The Labute approximate surface area is 150 Å². The molecule has 0 saturated carbocycles. The molecule has 1 aliphatic rings. The van der Waals surface area contributed by atoms with Crippen LogP contribution < -0.4 is 10.6 Å². The van der Waals surface area contributed by atoms with Crippen LogP contribution in [0.25, 0.3) is 16.9 Å². The molecule has 0 bridgehead atoms. The number of thioether (sulfide) groups is 1. The second-order valence-corrected chi connectivity index (χ2v) is 6.38. The van der Waals surface area contributed by atoms with Gasteiger partial charge < -0.3 is 15.4 Å². The number of anilines is 1. The quantitative estimate of drug-likeness (QED) is 0.685. The highest BCUT2D eigenvalue weighted by Crippen LogP contribution is 2.31. The molecule has 1 saturated heterocycles. The van der Waals surface area contributed by atoms with Gasteiger partial charge in [0, 0.05) is 17.5 Å². The number of morpholine rings is 1. The van der Waals surface area contributed by atoms with E-state index in [1.807, 2.05) is 12.3 Å². The molecule has 134 valence electrons. The van der Waals surface area contributed by atoms with Crippen LogP contribution in [-0.2, 0) is 4.74 Å². The summed E-state index contributed by atoms with van der Waals surface area (Å²) in [5.74, 6) is 1.78. The number of aromatic amines is 1. The predicted octanol–water partition coefficient (Wildman–Crippen LogP) is 1.67. The number of ether oxygens (including phenoxy) is 1. The van der Waals surface area contributed by atoms with Gasteiger partial charge in [0.05, 0.1) is 37.0 Å². The van der Waals surface area contributed by atoms with Gasteiger partial charge in [0.25, 0.3) is 0 Å². The van der Waals surface area contributed by atoms with Crippen LogP contribution in [0.2, 0.25) is 0 Å². The molecule has 0 radical (unpaired) electrons. The number of pyridine rings is 1. The van der Waals surface area contributed by atoms with Crippen molar-refractivity contribution in [2.45, 2.75) is 17.9 Å². The first-order valence-electron chi connectivity index (χ1n) is 8.12. The van der Waals surface area contributed by atoms with Crippen molar-refractivity contribution < 1.29 is 4.74 Å². The molecular formula is C16H23N7OS. The predicted molar refractivity (Wildman–Crippen MR) is 101 cm³/mol. The van der Waals surface area contributed by atoms with E-state index in [2.05, 4.69) is 45.2 Å². The molecule has 25 heavy (non-hydrogen) atoms. The van der Waals surface area contributed by atoms with Crippen LogP contribution in [0.3, 0.4) is 0 Å². The van der Waals surface area contributed by atoms with Crippen LogP contribution in [0, 0.1) is 0 Å². The first-order valence-corrected chi connectivity index (χ1v) is 9.35. The zero-order valence-electron chi connectivity index (χ0n) is 14.6. The SMILES string of the molecule is CN.CSc1cc(N2CCOCC2C)nc2c1cnn2-c1ccn[nH]1. The highest BCUT2D eigenvalue weighted by Gasteiger charge is 2.22. The van der Waals surface area contributed by atoms with Crippen molar-refractivity contribution in [3.05, 3.63) is 24.5 Å². The Morgan fingerprint density at radius 1 is 1.40 bits per heavy atom. The van der Waals surface area contributed by atoms with E-state index in [-0.39, 0.29) is 0 Å². The maximum Gasteiger partial charge on any atom is 0.168 e. The third-order valence-electron chi connectivity index (χ3n) is 4.09. The summed E-state index contributed by atoms with van der Waals surface area (Å²) in [6, 6.07) is 4.34. The number of rotatable bonds is 3. The summed E-state index contributed by atoms with van der Waals surface area (Å²) in [4.78, 5) is 8.36. The topological polar surface area (TPSA) is 97.9 Å². The highest BCUT2D eigenvalue weighted by atomic mass is 32.2. The van der Waals surface area contributed by atoms with Crippen molar-refractivity contribution in [1.82, 2.24) is 25.0 Å². The summed E-state index contributed by atoms with van der Waals surface area (Å²) < 4.78 is 7.34. The summed E-state index contributed by atoms with van der Waals surface area (Å²) in [5.41, 5.74) is 5.34. The van der Waals surface area contributed by atoms with Crippen molar-refractivity contribution in [2.24, 2.45) is 5.73 Å². The third kappa shape index (κ3) is 3.35. The van der Waals surface area contributed by atoms with E-state index in [4.69, 9.17) is 9.72 Å². The lowest BCUT2D eigenvalue weighted by atomic mass is 10.2. The van der Waals surface area contributed by atoms with E-state index in [1.54, 1.807) is 22.6 Å². The monoisotopic (exact) mass is 361 g/mol. The fourth-order valence-corrected chi connectivity index (χ4v) is 3.47. The van der Waals surface area contributed by atoms with Gasteiger partial charge in [0.15, 0.2) is 11.5 Å². The van der Waals surface area contributed by atoms with Crippen molar-refractivity contribution in [3.63, 3.8) is 0 Å². The molecule has 1 fully saturated rings. The molecule has 0 aliphatic carbocycles. The van der Waals surface area contributed by atoms with Gasteiger partial charge in [0.2, 0.25) is 0 Å². The van der Waals surface area contributed by atoms with Gasteiger partial charge in [-0.05, 0) is 26.3 Å². The normalized spacial score (nSPS) is 17.4. The number of hydrogen-bond acceptors (Lipinski definition) is 7. The van der Waals surface area contributed by atoms with Crippen LogP contribution in [0.5, 0.6) is 0 Å². The number of nitrogens with two attached hydrogens (primary N) is 1. The molecule has 9 heteroatoms. The van der Waals surface area contributed by atoms with Crippen LogP contribution >= 0.6 is 11.8 Å². The van der Waals surface area contributed by atoms with Crippen LogP contribution in [0.1, 0.15) is 6.92 Å². The van der Waals surface area contributed by atoms with Gasteiger partial charge in [-0.25, -0.2) is 4.98 Å². The molecule has 1 aliphatic heterocycles. The highest BCUT2D eigenvalue weighted by molar-refractivity contribution is 7.98. The largest absolute Gasteiger partial charge is 0.377 e. The van der Waals surface area contributed by atoms with Crippen molar-refractivity contribution >= 4 is 28.6 Å². The van der Waals surface area contributed by atoms with Gasteiger partial charge in [0.1, 0.15) is 5.82 Å². The van der Waals surface area contributed by atoms with Gasteiger partial charge in [-0.2, -0.15) is 14.9 Å². The molecule has 0 amide bonds. The molecule has 4 heterocycles. The van der Waals surface area contributed by atoms with E-state index in [0.717, 1.165) is 42.4 Å². The average molecular weight is 361 g/mol. The maximum atomic E-state index is 5.54. The summed E-state index contributed by atoms with van der Waals surface area (Å²) in [5, 5.41) is 12.5. The lowest BCUT2D eigenvalue weighted by molar-refractivity contribution is 0.0985. The van der Waals surface area contributed by atoms with Gasteiger partial charge in [-0.1, -0.05) is 0 Å². The van der Waals surface area contributed by atoms with E-state index >= 15 is 0 Å². The second kappa shape index (κ2) is 7.85. The van der Waals surface area contributed by atoms with Crippen molar-refractivity contribution in [3.8, 4) is 5.82 Å². The number of nitrogens with zero attached hydrogens (tertiary/aromatic N) is 5. The zero-order chi connectivity index (χ0) is 17.8. The summed E-state index contributed by atoms with van der Waals surface area (Å²) in [6.45, 7) is 4.48. The van der Waals surface area contributed by atoms with E-state index < -0.39 is 0 Å². The lowest BCUT2D eigenvalue weighted by Crippen LogP contribution is -2.44. The summed E-state index contributed by atoms with van der Waals surface area (Å²) >= 11 is 1.71. The van der Waals surface area contributed by atoms with Gasteiger partial charge in [-0.3, -0.25) is 5.10 Å². The zero-order valence-corrected chi connectivity index (χ0v) is 15.5.